The summed E-state index contributed by atoms with van der Waals surface area (Å²) >= 11 is 0. The fourth-order valence-electron chi connectivity index (χ4n) is 1.63. The molecule has 0 radical (unpaired) electrons. The normalized spacial score (nSPS) is 10.4. The lowest BCUT2D eigenvalue weighted by Gasteiger charge is -2.19. The summed E-state index contributed by atoms with van der Waals surface area (Å²) in [7, 11) is 0. The molecule has 3 nitrogen and oxygen atoms in total. The zero-order chi connectivity index (χ0) is 12.2. The Morgan fingerprint density at radius 1 is 1.00 bits per heavy atom. The lowest BCUT2D eigenvalue weighted by Crippen LogP contribution is -2.30. The molecule has 0 N–H and O–H groups in total. The van der Waals surface area contributed by atoms with Crippen LogP contribution in [-0.2, 0) is 9.53 Å². The van der Waals surface area contributed by atoms with Crippen LogP contribution < -0.4 is 0 Å². The highest BCUT2D eigenvalue weighted by Gasteiger charge is 2.05. The van der Waals surface area contributed by atoms with Crippen LogP contribution in [0.1, 0.15) is 52.9 Å². The molecule has 0 aliphatic heterocycles. The van der Waals surface area contributed by atoms with Crippen LogP contribution in [0, 0.1) is 0 Å². The van der Waals surface area contributed by atoms with Gasteiger partial charge in [0.25, 0.3) is 0 Å². The second-order valence-electron chi connectivity index (χ2n) is 4.18. The third kappa shape index (κ3) is 8.72. The quantitative estimate of drug-likeness (QED) is 0.539. The second-order valence-corrected chi connectivity index (χ2v) is 4.18. The zero-order valence-corrected chi connectivity index (χ0v) is 11.1. The van der Waals surface area contributed by atoms with Crippen LogP contribution >= 0.6 is 0 Å². The number of hydrogen-bond donors (Lipinski definition) is 0. The van der Waals surface area contributed by atoms with Crippen LogP contribution in [0.15, 0.2) is 0 Å². The van der Waals surface area contributed by atoms with Crippen LogP contribution in [-0.4, -0.2) is 37.1 Å². The number of unbranched alkanes of at least 4 members (excludes halogenated alkanes) is 2. The van der Waals surface area contributed by atoms with E-state index in [1.807, 2.05) is 4.90 Å². The van der Waals surface area contributed by atoms with Gasteiger partial charge in [0.1, 0.15) is 0 Å². The molecular weight excluding hydrogens is 202 g/mol. The van der Waals surface area contributed by atoms with Gasteiger partial charge < -0.3 is 9.64 Å². The van der Waals surface area contributed by atoms with E-state index in [4.69, 9.17) is 4.74 Å². The molecule has 0 aromatic carbocycles. The predicted octanol–water partition coefficient (Wildman–Crippen LogP) is 2.84. The summed E-state index contributed by atoms with van der Waals surface area (Å²) in [6, 6.07) is 0. The second kappa shape index (κ2) is 10.9. The minimum atomic E-state index is 0.198. The first-order valence-corrected chi connectivity index (χ1v) is 6.55. The Morgan fingerprint density at radius 3 is 2.31 bits per heavy atom. The van der Waals surface area contributed by atoms with E-state index in [1.54, 1.807) is 6.92 Å². The predicted molar refractivity (Wildman–Crippen MR) is 67.5 cm³/mol. The van der Waals surface area contributed by atoms with Crippen molar-refractivity contribution in [2.75, 3.05) is 26.3 Å². The standard InChI is InChI=1S/C13H27NO2/c1-4-9-14(13(3)15)10-7-6-8-12-16-11-5-2/h4-12H2,1-3H3. The van der Waals surface area contributed by atoms with Gasteiger partial charge in [0.2, 0.25) is 5.91 Å². The SMILES string of the molecule is CCCOCCCCCN(CCC)C(C)=O. The largest absolute Gasteiger partial charge is 0.381 e. The van der Waals surface area contributed by atoms with E-state index in [-0.39, 0.29) is 5.91 Å². The number of amides is 1. The van der Waals surface area contributed by atoms with Gasteiger partial charge in [-0.3, -0.25) is 4.79 Å². The molecule has 3 heteroatoms. The first-order chi connectivity index (χ1) is 7.72. The van der Waals surface area contributed by atoms with Gasteiger partial charge in [-0.1, -0.05) is 13.8 Å². The molecule has 0 aromatic rings. The van der Waals surface area contributed by atoms with Crippen molar-refractivity contribution >= 4 is 5.91 Å². The maximum Gasteiger partial charge on any atom is 0.219 e. The van der Waals surface area contributed by atoms with E-state index in [0.29, 0.717) is 0 Å². The third-order valence-corrected chi connectivity index (χ3v) is 2.50. The van der Waals surface area contributed by atoms with E-state index >= 15 is 0 Å². The van der Waals surface area contributed by atoms with E-state index in [2.05, 4.69) is 13.8 Å². The molecule has 0 unspecified atom stereocenters. The Hall–Kier alpha value is -0.570. The van der Waals surface area contributed by atoms with Gasteiger partial charge in [-0.2, -0.15) is 0 Å². The molecule has 0 saturated carbocycles. The minimum absolute atomic E-state index is 0.198. The summed E-state index contributed by atoms with van der Waals surface area (Å²) in [6.45, 7) is 9.40. The fraction of sp³-hybridized carbons (Fsp3) is 0.923. The Morgan fingerprint density at radius 2 is 1.75 bits per heavy atom. The summed E-state index contributed by atoms with van der Waals surface area (Å²) in [6.07, 6.45) is 5.48. The Kier molecular flexibility index (Phi) is 10.5. The smallest absolute Gasteiger partial charge is 0.219 e. The van der Waals surface area contributed by atoms with E-state index in [0.717, 1.165) is 58.4 Å². The van der Waals surface area contributed by atoms with E-state index < -0.39 is 0 Å². The number of ether oxygens (including phenoxy) is 1. The number of nitrogens with zero attached hydrogens (tertiary/aromatic N) is 1. The van der Waals surface area contributed by atoms with Crippen molar-refractivity contribution in [2.45, 2.75) is 52.9 Å². The average molecular weight is 229 g/mol. The molecule has 0 aromatic heterocycles. The monoisotopic (exact) mass is 229 g/mol. The number of hydrogen-bond acceptors (Lipinski definition) is 2. The molecule has 0 heterocycles. The first kappa shape index (κ1) is 15.4. The highest BCUT2D eigenvalue weighted by Crippen LogP contribution is 2.01. The molecular formula is C13H27NO2. The number of carbonyl (C=O) groups excluding carboxylic acids is 1. The summed E-state index contributed by atoms with van der Waals surface area (Å²) < 4.78 is 5.40. The van der Waals surface area contributed by atoms with Crippen molar-refractivity contribution in [3.63, 3.8) is 0 Å². The lowest BCUT2D eigenvalue weighted by atomic mass is 10.2. The van der Waals surface area contributed by atoms with Gasteiger partial charge in [0, 0.05) is 33.2 Å². The van der Waals surface area contributed by atoms with Crippen molar-refractivity contribution < 1.29 is 9.53 Å². The molecule has 0 bridgehead atoms. The van der Waals surface area contributed by atoms with Crippen LogP contribution in [0.3, 0.4) is 0 Å². The molecule has 0 fully saturated rings. The maximum absolute atomic E-state index is 11.2. The molecule has 0 spiro atoms. The summed E-state index contributed by atoms with van der Waals surface area (Å²) in [5.74, 6) is 0.198. The molecule has 96 valence electrons. The summed E-state index contributed by atoms with van der Waals surface area (Å²) in [4.78, 5) is 13.2. The molecule has 0 aliphatic rings. The Bertz CT molecular complexity index is 171. The molecule has 1 amide bonds. The molecule has 0 aliphatic carbocycles. The van der Waals surface area contributed by atoms with Gasteiger partial charge in [0.05, 0.1) is 0 Å². The Labute approximate surface area is 100 Å². The van der Waals surface area contributed by atoms with E-state index in [1.165, 1.54) is 0 Å². The average Bonchev–Trinajstić information content (AvgIpc) is 2.26. The van der Waals surface area contributed by atoms with Crippen molar-refractivity contribution in [2.24, 2.45) is 0 Å². The van der Waals surface area contributed by atoms with Gasteiger partial charge in [-0.25, -0.2) is 0 Å². The summed E-state index contributed by atoms with van der Waals surface area (Å²) in [5.41, 5.74) is 0. The first-order valence-electron chi connectivity index (χ1n) is 6.55. The van der Waals surface area contributed by atoms with Crippen LogP contribution in [0.4, 0.5) is 0 Å². The summed E-state index contributed by atoms with van der Waals surface area (Å²) in [5, 5.41) is 0. The van der Waals surface area contributed by atoms with Crippen molar-refractivity contribution in [1.29, 1.82) is 0 Å². The lowest BCUT2D eigenvalue weighted by molar-refractivity contribution is -0.128. The van der Waals surface area contributed by atoms with Gasteiger partial charge >= 0.3 is 0 Å². The van der Waals surface area contributed by atoms with E-state index in [9.17, 15) is 4.79 Å². The van der Waals surface area contributed by atoms with Crippen LogP contribution in [0.2, 0.25) is 0 Å². The fourth-order valence-corrected chi connectivity index (χ4v) is 1.63. The van der Waals surface area contributed by atoms with Gasteiger partial charge in [-0.05, 0) is 32.1 Å². The third-order valence-electron chi connectivity index (χ3n) is 2.50. The molecule has 0 rings (SSSR count). The van der Waals surface area contributed by atoms with Crippen LogP contribution in [0.25, 0.3) is 0 Å². The highest BCUT2D eigenvalue weighted by atomic mass is 16.5. The molecule has 16 heavy (non-hydrogen) atoms. The van der Waals surface area contributed by atoms with Crippen LogP contribution in [0.5, 0.6) is 0 Å². The molecule has 0 saturated heterocycles. The topological polar surface area (TPSA) is 29.5 Å². The van der Waals surface area contributed by atoms with Gasteiger partial charge in [0.15, 0.2) is 0 Å². The van der Waals surface area contributed by atoms with Crippen molar-refractivity contribution in [1.82, 2.24) is 4.90 Å². The highest BCUT2D eigenvalue weighted by molar-refractivity contribution is 5.73. The minimum Gasteiger partial charge on any atom is -0.381 e. The molecule has 0 atom stereocenters. The van der Waals surface area contributed by atoms with Crippen molar-refractivity contribution in [3.8, 4) is 0 Å². The van der Waals surface area contributed by atoms with Crippen molar-refractivity contribution in [3.05, 3.63) is 0 Å². The number of carbonyl (C=O) groups is 1. The van der Waals surface area contributed by atoms with Gasteiger partial charge in [-0.15, -0.1) is 0 Å². The number of rotatable bonds is 10. The zero-order valence-electron chi connectivity index (χ0n) is 11.1. The Balaban J connectivity index is 3.37. The maximum atomic E-state index is 11.2.